The van der Waals surface area contributed by atoms with Crippen LogP contribution in [0.2, 0.25) is 0 Å². The second-order valence-electron chi connectivity index (χ2n) is 7.01. The Morgan fingerprint density at radius 1 is 1.03 bits per heavy atom. The summed E-state index contributed by atoms with van der Waals surface area (Å²) in [6.07, 6.45) is 7.65. The lowest BCUT2D eigenvalue weighted by Crippen LogP contribution is -2.42. The SMILES string of the molecule is O=CN(c1cnc(NCC2(c3ncccc3F)CCC2)nc1)c1ccccc1F. The highest BCUT2D eigenvalue weighted by Crippen LogP contribution is 2.43. The third-order valence-electron chi connectivity index (χ3n) is 5.29. The van der Waals surface area contributed by atoms with Crippen LogP contribution < -0.4 is 10.2 Å². The largest absolute Gasteiger partial charge is 0.353 e. The summed E-state index contributed by atoms with van der Waals surface area (Å²) >= 11 is 0. The van der Waals surface area contributed by atoms with Crippen LogP contribution in [-0.2, 0) is 10.2 Å². The van der Waals surface area contributed by atoms with E-state index in [-0.39, 0.29) is 16.9 Å². The minimum Gasteiger partial charge on any atom is -0.353 e. The van der Waals surface area contributed by atoms with E-state index in [0.717, 1.165) is 24.2 Å². The molecule has 1 N–H and O–H groups in total. The molecule has 148 valence electrons. The van der Waals surface area contributed by atoms with E-state index in [1.54, 1.807) is 24.4 Å². The molecular formula is C21H19F2N5O. The number of carbonyl (C=O) groups excluding carboxylic acids is 1. The van der Waals surface area contributed by atoms with Crippen LogP contribution in [-0.4, -0.2) is 27.9 Å². The Morgan fingerprint density at radius 2 is 1.76 bits per heavy atom. The van der Waals surface area contributed by atoms with Crippen LogP contribution in [0.4, 0.5) is 26.1 Å². The van der Waals surface area contributed by atoms with Gasteiger partial charge in [-0.1, -0.05) is 18.6 Å². The van der Waals surface area contributed by atoms with Gasteiger partial charge in [-0.05, 0) is 37.1 Å². The molecule has 1 aliphatic rings. The Labute approximate surface area is 166 Å². The molecule has 0 aliphatic heterocycles. The van der Waals surface area contributed by atoms with Crippen LogP contribution in [0.3, 0.4) is 0 Å². The van der Waals surface area contributed by atoms with Gasteiger partial charge in [-0.3, -0.25) is 14.7 Å². The molecule has 4 rings (SSSR count). The van der Waals surface area contributed by atoms with Gasteiger partial charge in [0.2, 0.25) is 12.4 Å². The van der Waals surface area contributed by atoms with Gasteiger partial charge in [0.25, 0.3) is 0 Å². The standard InChI is InChI=1S/C21H19F2N5O/c22-16-5-1-2-7-18(16)28(14-29)15-11-25-20(26-12-15)27-13-21(8-4-9-21)19-17(23)6-3-10-24-19/h1-3,5-7,10-12,14H,4,8-9,13H2,(H,25,26,27). The van der Waals surface area contributed by atoms with Gasteiger partial charge in [-0.15, -0.1) is 0 Å². The molecule has 0 saturated heterocycles. The van der Waals surface area contributed by atoms with Crippen molar-refractivity contribution in [3.63, 3.8) is 0 Å². The summed E-state index contributed by atoms with van der Waals surface area (Å²) in [6, 6.07) is 8.96. The molecule has 6 nitrogen and oxygen atoms in total. The second-order valence-corrected chi connectivity index (χ2v) is 7.01. The van der Waals surface area contributed by atoms with Gasteiger partial charge < -0.3 is 5.32 Å². The fourth-order valence-corrected chi connectivity index (χ4v) is 3.57. The van der Waals surface area contributed by atoms with Crippen molar-refractivity contribution in [1.82, 2.24) is 15.0 Å². The van der Waals surface area contributed by atoms with Crippen molar-refractivity contribution in [3.05, 3.63) is 72.3 Å². The number of rotatable bonds is 7. The number of hydrogen-bond donors (Lipinski definition) is 1. The van der Waals surface area contributed by atoms with E-state index >= 15 is 0 Å². The molecule has 0 unspecified atom stereocenters. The van der Waals surface area contributed by atoms with E-state index in [2.05, 4.69) is 20.3 Å². The second kappa shape index (κ2) is 7.90. The maximum absolute atomic E-state index is 14.2. The van der Waals surface area contributed by atoms with Gasteiger partial charge in [0.15, 0.2) is 0 Å². The summed E-state index contributed by atoms with van der Waals surface area (Å²) in [5, 5.41) is 3.14. The summed E-state index contributed by atoms with van der Waals surface area (Å²) < 4.78 is 28.2. The number of para-hydroxylation sites is 1. The number of nitrogens with one attached hydrogen (secondary N) is 1. The fourth-order valence-electron chi connectivity index (χ4n) is 3.57. The number of carbonyl (C=O) groups is 1. The van der Waals surface area contributed by atoms with E-state index in [0.29, 0.717) is 30.3 Å². The Morgan fingerprint density at radius 3 is 2.38 bits per heavy atom. The average Bonchev–Trinajstić information content (AvgIpc) is 2.71. The van der Waals surface area contributed by atoms with Gasteiger partial charge >= 0.3 is 0 Å². The Hall–Kier alpha value is -3.42. The molecule has 1 amide bonds. The zero-order valence-corrected chi connectivity index (χ0v) is 15.6. The molecule has 0 radical (unpaired) electrons. The predicted octanol–water partition coefficient (Wildman–Crippen LogP) is 3.98. The van der Waals surface area contributed by atoms with Crippen molar-refractivity contribution in [1.29, 1.82) is 0 Å². The molecule has 1 fully saturated rings. The number of anilines is 3. The van der Waals surface area contributed by atoms with Gasteiger partial charge in [0.1, 0.15) is 11.6 Å². The molecule has 8 heteroatoms. The predicted molar refractivity (Wildman–Crippen MR) is 105 cm³/mol. The smallest absolute Gasteiger partial charge is 0.222 e. The van der Waals surface area contributed by atoms with Crippen molar-refractivity contribution < 1.29 is 13.6 Å². The van der Waals surface area contributed by atoms with Crippen molar-refractivity contribution >= 4 is 23.7 Å². The minimum absolute atomic E-state index is 0.117. The van der Waals surface area contributed by atoms with E-state index in [1.807, 2.05) is 0 Å². The number of hydrogen-bond acceptors (Lipinski definition) is 5. The highest BCUT2D eigenvalue weighted by molar-refractivity contribution is 5.86. The monoisotopic (exact) mass is 395 g/mol. The maximum atomic E-state index is 14.2. The maximum Gasteiger partial charge on any atom is 0.222 e. The third-order valence-corrected chi connectivity index (χ3v) is 5.29. The first-order valence-corrected chi connectivity index (χ1v) is 9.29. The van der Waals surface area contributed by atoms with E-state index < -0.39 is 5.82 Å². The molecule has 3 aromatic rings. The van der Waals surface area contributed by atoms with Crippen molar-refractivity contribution in [2.24, 2.45) is 0 Å². The first-order chi connectivity index (χ1) is 14.1. The number of aromatic nitrogens is 3. The summed E-state index contributed by atoms with van der Waals surface area (Å²) in [5.74, 6) is -0.487. The number of nitrogens with zero attached hydrogens (tertiary/aromatic N) is 4. The van der Waals surface area contributed by atoms with Gasteiger partial charge in [0.05, 0.1) is 29.5 Å². The number of benzene rings is 1. The molecular weight excluding hydrogens is 376 g/mol. The molecule has 0 spiro atoms. The van der Waals surface area contributed by atoms with Crippen LogP contribution in [0.1, 0.15) is 25.0 Å². The molecule has 1 aliphatic carbocycles. The lowest BCUT2D eigenvalue weighted by Gasteiger charge is -2.41. The highest BCUT2D eigenvalue weighted by Gasteiger charge is 2.41. The van der Waals surface area contributed by atoms with Gasteiger partial charge in [0, 0.05) is 18.2 Å². The average molecular weight is 395 g/mol. The zero-order chi connectivity index (χ0) is 20.3. The number of pyridine rings is 1. The third kappa shape index (κ3) is 3.65. The normalized spacial score (nSPS) is 14.7. The molecule has 2 aromatic heterocycles. The van der Waals surface area contributed by atoms with Gasteiger partial charge in [-0.2, -0.15) is 0 Å². The Kier molecular flexibility index (Phi) is 5.16. The lowest BCUT2D eigenvalue weighted by molar-refractivity contribution is -0.106. The summed E-state index contributed by atoms with van der Waals surface area (Å²) in [4.78, 5) is 25.3. The molecule has 0 bridgehead atoms. The molecule has 0 atom stereocenters. The van der Waals surface area contributed by atoms with Crippen LogP contribution in [0.25, 0.3) is 0 Å². The van der Waals surface area contributed by atoms with E-state index in [9.17, 15) is 13.6 Å². The van der Waals surface area contributed by atoms with Crippen LogP contribution >= 0.6 is 0 Å². The topological polar surface area (TPSA) is 71.0 Å². The lowest BCUT2D eigenvalue weighted by atomic mass is 9.66. The van der Waals surface area contributed by atoms with E-state index in [4.69, 9.17) is 0 Å². The number of amides is 1. The van der Waals surface area contributed by atoms with Crippen molar-refractivity contribution in [3.8, 4) is 0 Å². The summed E-state index contributed by atoms with van der Waals surface area (Å²) in [7, 11) is 0. The minimum atomic E-state index is -0.522. The molecule has 1 aromatic carbocycles. The quantitative estimate of drug-likeness (QED) is 0.613. The Bertz CT molecular complexity index is 1010. The Balaban J connectivity index is 1.49. The highest BCUT2D eigenvalue weighted by atomic mass is 19.1. The molecule has 29 heavy (non-hydrogen) atoms. The summed E-state index contributed by atoms with van der Waals surface area (Å²) in [6.45, 7) is 0.449. The summed E-state index contributed by atoms with van der Waals surface area (Å²) in [5.41, 5.74) is 0.535. The van der Waals surface area contributed by atoms with Crippen molar-refractivity contribution in [2.45, 2.75) is 24.7 Å². The molecule has 1 saturated carbocycles. The zero-order valence-electron chi connectivity index (χ0n) is 15.6. The van der Waals surface area contributed by atoms with Crippen molar-refractivity contribution in [2.75, 3.05) is 16.8 Å². The van der Waals surface area contributed by atoms with Crippen LogP contribution in [0.5, 0.6) is 0 Å². The van der Waals surface area contributed by atoms with E-state index in [1.165, 1.54) is 30.6 Å². The van der Waals surface area contributed by atoms with Gasteiger partial charge in [-0.25, -0.2) is 18.7 Å². The van der Waals surface area contributed by atoms with Crippen LogP contribution in [0.15, 0.2) is 55.0 Å². The molecule has 2 heterocycles. The first-order valence-electron chi connectivity index (χ1n) is 9.29. The van der Waals surface area contributed by atoms with Crippen LogP contribution in [0, 0.1) is 11.6 Å². The fraction of sp³-hybridized carbons (Fsp3) is 0.238. The number of halogens is 2. The first kappa shape index (κ1) is 18.9.